The number of hydrogen-bond donors (Lipinski definition) is 0. The molecule has 52 valence electrons. The number of halogens is 3. The maximum absolute atomic E-state index is 5.58. The number of rotatable bonds is 0. The van der Waals surface area contributed by atoms with Gasteiger partial charge in [0.25, 0.3) is 0 Å². The van der Waals surface area contributed by atoms with Crippen molar-refractivity contribution in [3.8, 4) is 0 Å². The molecule has 0 aliphatic rings. The van der Waals surface area contributed by atoms with Crippen LogP contribution in [0, 0.1) is 6.07 Å². The Morgan fingerprint density at radius 2 is 1.80 bits per heavy atom. The summed E-state index contributed by atoms with van der Waals surface area (Å²) in [4.78, 5) is 0. The Kier molecular flexibility index (Phi) is 5.24. The van der Waals surface area contributed by atoms with E-state index >= 15 is 0 Å². The molecule has 0 fully saturated rings. The normalized spacial score (nSPS) is 8.70. The maximum atomic E-state index is 5.58. The van der Waals surface area contributed by atoms with Gasteiger partial charge in [0, 0.05) is 26.2 Å². The van der Waals surface area contributed by atoms with Crippen LogP contribution in [0.3, 0.4) is 0 Å². The van der Waals surface area contributed by atoms with Crippen LogP contribution in [0.5, 0.6) is 0 Å². The predicted octanol–water partition coefficient (Wildman–Crippen LogP) is 3.44. The van der Waals surface area contributed by atoms with Crippen molar-refractivity contribution in [2.45, 2.75) is 0 Å². The molecule has 0 spiro atoms. The van der Waals surface area contributed by atoms with Gasteiger partial charge in [-0.1, -0.05) is 5.02 Å². The van der Waals surface area contributed by atoms with Crippen LogP contribution >= 0.6 is 34.8 Å². The quantitative estimate of drug-likeness (QED) is 0.501. The topological polar surface area (TPSA) is 0 Å². The van der Waals surface area contributed by atoms with Crippen LogP contribution in [0.25, 0.3) is 0 Å². The second-order valence-corrected chi connectivity index (χ2v) is 2.62. The van der Waals surface area contributed by atoms with Gasteiger partial charge >= 0.3 is 0 Å². The molecule has 0 bridgehead atoms. The molecule has 0 unspecified atom stereocenters. The van der Waals surface area contributed by atoms with Crippen LogP contribution in [0.2, 0.25) is 15.1 Å². The molecule has 4 heteroatoms. The Labute approximate surface area is 93.6 Å². The van der Waals surface area contributed by atoms with E-state index in [0.29, 0.717) is 15.1 Å². The van der Waals surface area contributed by atoms with E-state index in [-0.39, 0.29) is 26.2 Å². The Bertz CT molecular complexity index is 204. The average molecular weight is 272 g/mol. The number of benzene rings is 1. The molecule has 0 nitrogen and oxygen atoms in total. The van der Waals surface area contributed by atoms with Crippen molar-refractivity contribution in [1.29, 1.82) is 0 Å². The number of hydrogen-bond acceptors (Lipinski definition) is 0. The molecule has 0 atom stereocenters. The van der Waals surface area contributed by atoms with Gasteiger partial charge in [0.15, 0.2) is 0 Å². The molecule has 0 aliphatic carbocycles. The van der Waals surface area contributed by atoms with Crippen LogP contribution in [0.1, 0.15) is 0 Å². The van der Waals surface area contributed by atoms with Crippen LogP contribution in [0.15, 0.2) is 12.1 Å². The third-order valence-corrected chi connectivity index (χ3v) is 2.04. The van der Waals surface area contributed by atoms with E-state index in [2.05, 4.69) is 6.07 Å². The summed E-state index contributed by atoms with van der Waals surface area (Å²) in [5.74, 6) is 0. The minimum absolute atomic E-state index is 0. The van der Waals surface area contributed by atoms with Gasteiger partial charge in [0.05, 0.1) is 0 Å². The van der Waals surface area contributed by atoms with Crippen molar-refractivity contribution < 1.29 is 26.2 Å². The SMILES string of the molecule is Clc1[c-]ccc(Cl)c1Cl.[Zr]. The fourth-order valence-electron chi connectivity index (χ4n) is 0.429. The largest absolute Gasteiger partial charge is 0.174 e. The molecule has 0 amide bonds. The van der Waals surface area contributed by atoms with E-state index < -0.39 is 0 Å². The first kappa shape index (κ1) is 11.0. The summed E-state index contributed by atoms with van der Waals surface area (Å²) >= 11 is 16.7. The van der Waals surface area contributed by atoms with Crippen LogP contribution in [-0.4, -0.2) is 0 Å². The summed E-state index contributed by atoms with van der Waals surface area (Å²) in [7, 11) is 0. The van der Waals surface area contributed by atoms with Crippen molar-refractivity contribution in [3.63, 3.8) is 0 Å². The molecule has 0 aliphatic heterocycles. The first-order chi connectivity index (χ1) is 4.22. The zero-order valence-electron chi connectivity index (χ0n) is 4.79. The Morgan fingerprint density at radius 3 is 2.20 bits per heavy atom. The summed E-state index contributed by atoms with van der Waals surface area (Å²) < 4.78 is 0. The maximum Gasteiger partial charge on any atom is 0 e. The van der Waals surface area contributed by atoms with Gasteiger partial charge in [-0.15, -0.1) is 23.2 Å². The fourth-order valence-corrected chi connectivity index (χ4v) is 0.918. The van der Waals surface area contributed by atoms with Crippen molar-refractivity contribution >= 4 is 34.8 Å². The van der Waals surface area contributed by atoms with Gasteiger partial charge in [-0.25, -0.2) is 0 Å². The average Bonchev–Trinajstić information content (AvgIpc) is 1.83. The minimum Gasteiger partial charge on any atom is -0.174 e. The molecule has 1 aromatic carbocycles. The van der Waals surface area contributed by atoms with Gasteiger partial charge in [-0.05, 0) is 10.0 Å². The summed E-state index contributed by atoms with van der Waals surface area (Å²) in [5, 5.41) is 1.19. The van der Waals surface area contributed by atoms with E-state index in [1.54, 1.807) is 12.1 Å². The molecular formula is C6H2Cl3Zr-. The second-order valence-electron chi connectivity index (χ2n) is 1.45. The van der Waals surface area contributed by atoms with E-state index in [9.17, 15) is 0 Å². The summed E-state index contributed by atoms with van der Waals surface area (Å²) in [6.07, 6.45) is 0. The van der Waals surface area contributed by atoms with Gasteiger partial charge in [0.1, 0.15) is 0 Å². The molecule has 10 heavy (non-hydrogen) atoms. The third-order valence-electron chi connectivity index (χ3n) is 0.842. The third kappa shape index (κ3) is 2.54. The molecule has 0 radical (unpaired) electrons. The van der Waals surface area contributed by atoms with Gasteiger partial charge in [-0.2, -0.15) is 29.8 Å². The van der Waals surface area contributed by atoms with Gasteiger partial charge in [0.2, 0.25) is 0 Å². The molecule has 1 aromatic rings. The smallest absolute Gasteiger partial charge is 0 e. The van der Waals surface area contributed by atoms with E-state index in [4.69, 9.17) is 34.8 Å². The monoisotopic (exact) mass is 269 g/mol. The second kappa shape index (κ2) is 4.77. The Balaban J connectivity index is 0.000000810. The molecule has 0 saturated carbocycles. The Hall–Kier alpha value is 0.973. The van der Waals surface area contributed by atoms with Crippen LogP contribution < -0.4 is 0 Å². The molecule has 1 rings (SSSR count). The van der Waals surface area contributed by atoms with Crippen molar-refractivity contribution in [2.75, 3.05) is 0 Å². The van der Waals surface area contributed by atoms with Crippen molar-refractivity contribution in [2.24, 2.45) is 0 Å². The van der Waals surface area contributed by atoms with Crippen molar-refractivity contribution in [1.82, 2.24) is 0 Å². The first-order valence-electron chi connectivity index (χ1n) is 2.23. The Morgan fingerprint density at radius 1 is 1.20 bits per heavy atom. The minimum atomic E-state index is 0. The predicted molar refractivity (Wildman–Crippen MR) is 40.3 cm³/mol. The van der Waals surface area contributed by atoms with E-state index in [0.717, 1.165) is 0 Å². The van der Waals surface area contributed by atoms with Crippen LogP contribution in [-0.2, 0) is 26.2 Å². The molecule has 0 N–H and O–H groups in total. The zero-order chi connectivity index (χ0) is 6.85. The fraction of sp³-hybridized carbons (Fsp3) is 0. The summed E-state index contributed by atoms with van der Waals surface area (Å²) in [5.41, 5.74) is 0. The van der Waals surface area contributed by atoms with Crippen molar-refractivity contribution in [3.05, 3.63) is 33.3 Å². The molecule has 0 aromatic heterocycles. The van der Waals surface area contributed by atoms with Gasteiger partial charge in [-0.3, -0.25) is 0 Å². The zero-order valence-corrected chi connectivity index (χ0v) is 9.51. The standard InChI is InChI=1S/C6H2Cl3.Zr/c7-4-2-1-3-5(8)6(4)9;/h1-2H;/q-1;. The van der Waals surface area contributed by atoms with E-state index in [1.807, 2.05) is 0 Å². The molecule has 0 heterocycles. The van der Waals surface area contributed by atoms with Crippen LogP contribution in [0.4, 0.5) is 0 Å². The van der Waals surface area contributed by atoms with E-state index in [1.165, 1.54) is 0 Å². The summed E-state index contributed by atoms with van der Waals surface area (Å²) in [6, 6.07) is 5.95. The summed E-state index contributed by atoms with van der Waals surface area (Å²) in [6.45, 7) is 0. The van der Waals surface area contributed by atoms with Gasteiger partial charge < -0.3 is 0 Å². The molecular weight excluding hydrogens is 270 g/mol. The molecule has 0 saturated heterocycles. The first-order valence-corrected chi connectivity index (χ1v) is 3.36.